The van der Waals surface area contributed by atoms with E-state index in [1.165, 1.54) is 0 Å². The monoisotopic (exact) mass is 449 g/mol. The Morgan fingerprint density at radius 1 is 1.15 bits per heavy atom. The minimum atomic E-state index is -0.258. The van der Waals surface area contributed by atoms with Crippen LogP contribution in [-0.4, -0.2) is 54.8 Å². The zero-order chi connectivity index (χ0) is 22.6. The van der Waals surface area contributed by atoms with Gasteiger partial charge in [0, 0.05) is 31.4 Å². The fourth-order valence-corrected chi connectivity index (χ4v) is 4.16. The Bertz CT molecular complexity index is 1150. The number of piperidine rings is 1. The number of methoxy groups -OCH3 is 1. The highest BCUT2D eigenvalue weighted by Gasteiger charge is 2.26. The molecule has 1 aromatic carbocycles. The van der Waals surface area contributed by atoms with E-state index in [2.05, 4.69) is 32.0 Å². The molecule has 33 heavy (non-hydrogen) atoms. The summed E-state index contributed by atoms with van der Waals surface area (Å²) in [6.07, 6.45) is 3.31. The van der Waals surface area contributed by atoms with Crippen LogP contribution in [0.4, 0.5) is 5.69 Å². The molecule has 2 aliphatic rings. The number of nitrogens with one attached hydrogen (secondary N) is 3. The van der Waals surface area contributed by atoms with Gasteiger partial charge in [-0.1, -0.05) is 6.07 Å². The number of pyridine rings is 2. The summed E-state index contributed by atoms with van der Waals surface area (Å²) in [5.74, 6) is 2.01. The Labute approximate surface area is 191 Å². The van der Waals surface area contributed by atoms with E-state index in [1.54, 1.807) is 25.4 Å². The third kappa shape index (κ3) is 4.84. The number of amides is 1. The quantitative estimate of drug-likeness (QED) is 0.526. The average Bonchev–Trinajstić information content (AvgIpc) is 2.87. The number of hydrogen-bond donors (Lipinski definition) is 3. The smallest absolute Gasteiger partial charge is 0.241 e. The fourth-order valence-electron chi connectivity index (χ4n) is 4.16. The van der Waals surface area contributed by atoms with E-state index in [1.807, 2.05) is 18.2 Å². The van der Waals surface area contributed by atoms with Gasteiger partial charge in [0.05, 0.1) is 24.4 Å². The van der Waals surface area contributed by atoms with Crippen molar-refractivity contribution in [3.63, 3.8) is 0 Å². The number of rotatable bonds is 6. The summed E-state index contributed by atoms with van der Waals surface area (Å²) in [4.78, 5) is 21.6. The molecule has 9 heteroatoms. The van der Waals surface area contributed by atoms with Crippen molar-refractivity contribution < 1.29 is 19.0 Å². The van der Waals surface area contributed by atoms with Crippen molar-refractivity contribution in [2.75, 3.05) is 32.2 Å². The number of anilines is 1. The second-order valence-electron chi connectivity index (χ2n) is 8.16. The highest BCUT2D eigenvalue weighted by atomic mass is 16.6. The summed E-state index contributed by atoms with van der Waals surface area (Å²) in [5, 5.41) is 9.94. The lowest BCUT2D eigenvalue weighted by Crippen LogP contribution is -2.51. The van der Waals surface area contributed by atoms with Gasteiger partial charge in [-0.2, -0.15) is 0 Å². The van der Waals surface area contributed by atoms with Gasteiger partial charge >= 0.3 is 0 Å². The normalized spacial score (nSPS) is 19.8. The van der Waals surface area contributed by atoms with Crippen molar-refractivity contribution in [3.8, 4) is 17.4 Å². The van der Waals surface area contributed by atoms with Crippen LogP contribution < -0.4 is 30.2 Å². The molecular formula is C24H27N5O4. The predicted octanol–water partition coefficient (Wildman–Crippen LogP) is 2.26. The van der Waals surface area contributed by atoms with E-state index in [9.17, 15) is 4.79 Å². The van der Waals surface area contributed by atoms with Crippen molar-refractivity contribution in [1.29, 1.82) is 0 Å². The molecular weight excluding hydrogens is 422 g/mol. The van der Waals surface area contributed by atoms with Crippen LogP contribution in [0.2, 0.25) is 0 Å². The van der Waals surface area contributed by atoms with Gasteiger partial charge in [-0.3, -0.25) is 9.78 Å². The molecule has 2 atom stereocenters. The van der Waals surface area contributed by atoms with Crippen LogP contribution in [0.25, 0.3) is 11.0 Å². The summed E-state index contributed by atoms with van der Waals surface area (Å²) < 4.78 is 16.4. The van der Waals surface area contributed by atoms with Gasteiger partial charge in [0.1, 0.15) is 18.7 Å². The van der Waals surface area contributed by atoms with E-state index in [4.69, 9.17) is 14.2 Å². The van der Waals surface area contributed by atoms with Crippen molar-refractivity contribution in [1.82, 2.24) is 20.6 Å². The van der Waals surface area contributed by atoms with Crippen LogP contribution in [0.3, 0.4) is 0 Å². The third-order valence-electron chi connectivity index (χ3n) is 5.96. The second kappa shape index (κ2) is 9.60. The van der Waals surface area contributed by atoms with Crippen LogP contribution >= 0.6 is 0 Å². The van der Waals surface area contributed by atoms with Crippen LogP contribution in [0.5, 0.6) is 17.4 Å². The molecule has 0 unspecified atom stereocenters. The zero-order valence-electron chi connectivity index (χ0n) is 18.5. The lowest BCUT2D eigenvalue weighted by Gasteiger charge is -2.30. The van der Waals surface area contributed by atoms with Crippen LogP contribution in [0, 0.1) is 0 Å². The van der Waals surface area contributed by atoms with E-state index >= 15 is 0 Å². The molecule has 2 aliphatic heterocycles. The molecule has 0 aliphatic carbocycles. The first kappa shape index (κ1) is 21.4. The van der Waals surface area contributed by atoms with Crippen molar-refractivity contribution in [2.45, 2.75) is 31.5 Å². The largest absolute Gasteiger partial charge is 0.486 e. The van der Waals surface area contributed by atoms with Gasteiger partial charge < -0.3 is 30.2 Å². The van der Waals surface area contributed by atoms with E-state index in [-0.39, 0.29) is 18.0 Å². The maximum atomic E-state index is 12.9. The van der Waals surface area contributed by atoms with Crippen LogP contribution in [0.15, 0.2) is 42.6 Å². The van der Waals surface area contributed by atoms with Gasteiger partial charge in [-0.15, -0.1) is 0 Å². The molecule has 1 amide bonds. The molecule has 0 bridgehead atoms. The molecule has 0 radical (unpaired) electrons. The summed E-state index contributed by atoms with van der Waals surface area (Å²) in [5.41, 5.74) is 3.09. The molecule has 2 aromatic heterocycles. The number of hydrogen-bond acceptors (Lipinski definition) is 8. The first-order valence-electron chi connectivity index (χ1n) is 11.2. The van der Waals surface area contributed by atoms with Gasteiger partial charge in [0.2, 0.25) is 11.8 Å². The molecule has 1 fully saturated rings. The summed E-state index contributed by atoms with van der Waals surface area (Å²) in [6.45, 7) is 2.62. The van der Waals surface area contributed by atoms with Crippen molar-refractivity contribution in [2.24, 2.45) is 0 Å². The van der Waals surface area contributed by atoms with Crippen molar-refractivity contribution in [3.05, 3.63) is 48.2 Å². The highest BCUT2D eigenvalue weighted by Crippen LogP contribution is 2.30. The molecule has 0 saturated carbocycles. The molecule has 3 N–H and O–H groups in total. The lowest BCUT2D eigenvalue weighted by atomic mass is 9.99. The molecule has 5 rings (SSSR count). The van der Waals surface area contributed by atoms with Crippen LogP contribution in [-0.2, 0) is 11.3 Å². The maximum absolute atomic E-state index is 12.9. The van der Waals surface area contributed by atoms with Crippen molar-refractivity contribution >= 4 is 22.6 Å². The summed E-state index contributed by atoms with van der Waals surface area (Å²) in [6, 6.07) is 11.4. The number of benzene rings is 1. The zero-order valence-corrected chi connectivity index (χ0v) is 18.5. The Kier molecular flexibility index (Phi) is 6.23. The first-order valence-corrected chi connectivity index (χ1v) is 11.2. The SMILES string of the molecule is COc1ccc2nccc(NC(=O)[C@@H]3CC[C@H](NCc4ccc5c(c4)OCCO5)CN3)c2n1. The van der Waals surface area contributed by atoms with Gasteiger partial charge in [-0.05, 0) is 42.7 Å². The van der Waals surface area contributed by atoms with E-state index < -0.39 is 0 Å². The van der Waals surface area contributed by atoms with Gasteiger partial charge in [0.15, 0.2) is 11.5 Å². The first-order chi connectivity index (χ1) is 16.2. The molecule has 9 nitrogen and oxygen atoms in total. The number of carbonyl (C=O) groups excluding carboxylic acids is 1. The Morgan fingerprint density at radius 3 is 2.85 bits per heavy atom. The maximum Gasteiger partial charge on any atom is 0.241 e. The standard InChI is InChI=1S/C24H27N5O4/c1-31-22-7-5-17-23(29-22)18(8-9-25-17)28-24(30)19-4-3-16(14-27-19)26-13-15-2-6-20-21(12-15)33-11-10-32-20/h2,5-9,12,16,19,26-27H,3-4,10-11,13-14H2,1H3,(H,25,28,30)/t16-,19-/m0/s1. The molecule has 4 heterocycles. The Balaban J connectivity index is 1.14. The number of carbonyl (C=O) groups is 1. The molecule has 1 saturated heterocycles. The van der Waals surface area contributed by atoms with Gasteiger partial charge in [0.25, 0.3) is 0 Å². The number of fused-ring (bicyclic) bond motifs is 2. The number of nitrogens with zero attached hydrogens (tertiary/aromatic N) is 2. The topological polar surface area (TPSA) is 107 Å². The Morgan fingerprint density at radius 2 is 2.03 bits per heavy atom. The average molecular weight is 450 g/mol. The molecule has 3 aromatic rings. The van der Waals surface area contributed by atoms with Gasteiger partial charge in [-0.25, -0.2) is 4.98 Å². The van der Waals surface area contributed by atoms with E-state index in [0.29, 0.717) is 42.4 Å². The minimum Gasteiger partial charge on any atom is -0.486 e. The van der Waals surface area contributed by atoms with Crippen LogP contribution in [0.1, 0.15) is 18.4 Å². The number of aromatic nitrogens is 2. The summed E-state index contributed by atoms with van der Waals surface area (Å²) in [7, 11) is 1.56. The predicted molar refractivity (Wildman–Crippen MR) is 124 cm³/mol. The highest BCUT2D eigenvalue weighted by molar-refractivity contribution is 6.01. The molecule has 172 valence electrons. The summed E-state index contributed by atoms with van der Waals surface area (Å²) >= 11 is 0. The minimum absolute atomic E-state index is 0.0718. The third-order valence-corrected chi connectivity index (χ3v) is 5.96. The molecule has 0 spiro atoms. The second-order valence-corrected chi connectivity index (χ2v) is 8.16. The Hall–Kier alpha value is -3.43. The van der Waals surface area contributed by atoms with E-state index in [0.717, 1.165) is 36.4 Å². The number of ether oxygens (including phenoxy) is 3. The lowest BCUT2D eigenvalue weighted by molar-refractivity contribution is -0.118. The fraction of sp³-hybridized carbons (Fsp3) is 0.375.